The van der Waals surface area contributed by atoms with Crippen LogP contribution in [-0.2, 0) is 0 Å². The van der Waals surface area contributed by atoms with Gasteiger partial charge in [-0.1, -0.05) is 72.8 Å². The summed E-state index contributed by atoms with van der Waals surface area (Å²) in [5.41, 5.74) is 6.09. The minimum Gasteiger partial charge on any atom is -0.456 e. The molecule has 0 atom stereocenters. The van der Waals surface area contributed by atoms with Crippen molar-refractivity contribution in [2.45, 2.75) is 0 Å². The van der Waals surface area contributed by atoms with Gasteiger partial charge in [-0.25, -0.2) is 0 Å². The Labute approximate surface area is 194 Å². The van der Waals surface area contributed by atoms with E-state index in [9.17, 15) is 0 Å². The second-order valence-electron chi connectivity index (χ2n) is 8.91. The molecule has 2 heteroatoms. The zero-order valence-electron chi connectivity index (χ0n) is 18.2. The van der Waals surface area contributed by atoms with E-state index in [1.165, 1.54) is 32.7 Å². The van der Waals surface area contributed by atoms with Gasteiger partial charge in [-0.2, -0.15) is 0 Å². The summed E-state index contributed by atoms with van der Waals surface area (Å²) in [6, 6.07) is 38.4. The molecule has 0 aliphatic carbocycles. The molecule has 158 valence electrons. The fourth-order valence-corrected chi connectivity index (χ4v) is 5.55. The molecule has 6 aromatic carbocycles. The highest BCUT2D eigenvalue weighted by atomic mass is 16.3. The monoisotopic (exact) mass is 434 g/mol. The van der Waals surface area contributed by atoms with Gasteiger partial charge < -0.3 is 8.83 Å². The lowest BCUT2D eigenvalue weighted by Crippen LogP contribution is -1.86. The molecule has 0 aliphatic heterocycles. The van der Waals surface area contributed by atoms with E-state index < -0.39 is 0 Å². The Morgan fingerprint density at radius 3 is 1.85 bits per heavy atom. The van der Waals surface area contributed by atoms with Crippen molar-refractivity contribution in [1.29, 1.82) is 0 Å². The minimum atomic E-state index is 0.916. The molecular weight excluding hydrogens is 416 g/mol. The van der Waals surface area contributed by atoms with Gasteiger partial charge in [0.25, 0.3) is 0 Å². The molecule has 0 saturated heterocycles. The Kier molecular flexibility index (Phi) is 3.42. The third-order valence-corrected chi connectivity index (χ3v) is 7.05. The third-order valence-electron chi connectivity index (χ3n) is 7.05. The quantitative estimate of drug-likeness (QED) is 0.240. The summed E-state index contributed by atoms with van der Waals surface area (Å²) in [6.07, 6.45) is 0. The molecule has 0 unspecified atom stereocenters. The first kappa shape index (κ1) is 17.9. The first-order chi connectivity index (χ1) is 16.8. The van der Waals surface area contributed by atoms with Crippen LogP contribution < -0.4 is 0 Å². The highest BCUT2D eigenvalue weighted by Gasteiger charge is 2.16. The maximum atomic E-state index is 6.21. The van der Waals surface area contributed by atoms with E-state index in [0.29, 0.717) is 0 Å². The maximum Gasteiger partial charge on any atom is 0.136 e. The number of hydrogen-bond donors (Lipinski definition) is 0. The standard InChI is InChI=1S/C32H18O2/c1-2-9-21-20(8-1)25-18-31-27(22-10-3-5-13-28(22)34-31)17-19(25)16-26(21)23-12-7-15-30-32(23)24-11-4-6-14-29(24)33-30/h1-18H. The summed E-state index contributed by atoms with van der Waals surface area (Å²) in [4.78, 5) is 0. The topological polar surface area (TPSA) is 26.3 Å². The Morgan fingerprint density at radius 2 is 1.00 bits per heavy atom. The number of rotatable bonds is 1. The summed E-state index contributed by atoms with van der Waals surface area (Å²) in [6.45, 7) is 0. The number of furan rings is 2. The van der Waals surface area contributed by atoms with Crippen molar-refractivity contribution in [1.82, 2.24) is 0 Å². The molecule has 0 saturated carbocycles. The van der Waals surface area contributed by atoms with Crippen LogP contribution in [-0.4, -0.2) is 0 Å². The lowest BCUT2D eigenvalue weighted by Gasteiger charge is -2.12. The molecule has 2 heterocycles. The molecule has 0 radical (unpaired) electrons. The van der Waals surface area contributed by atoms with E-state index in [2.05, 4.69) is 84.9 Å². The molecule has 8 aromatic rings. The Morgan fingerprint density at radius 1 is 0.353 bits per heavy atom. The molecule has 0 aliphatic rings. The molecule has 8 rings (SSSR count). The minimum absolute atomic E-state index is 0.916. The lowest BCUT2D eigenvalue weighted by molar-refractivity contribution is 0.669. The van der Waals surface area contributed by atoms with Crippen LogP contribution in [0.25, 0.3) is 76.5 Å². The normalized spacial score (nSPS) is 12.1. The van der Waals surface area contributed by atoms with Crippen LogP contribution >= 0.6 is 0 Å². The van der Waals surface area contributed by atoms with Crippen LogP contribution in [0.5, 0.6) is 0 Å². The van der Waals surface area contributed by atoms with E-state index in [0.717, 1.165) is 43.9 Å². The lowest BCUT2D eigenvalue weighted by atomic mass is 9.90. The molecule has 2 nitrogen and oxygen atoms in total. The second-order valence-corrected chi connectivity index (χ2v) is 8.91. The summed E-state index contributed by atoms with van der Waals surface area (Å²) in [5.74, 6) is 0. The summed E-state index contributed by atoms with van der Waals surface area (Å²) in [5, 5.41) is 9.47. The summed E-state index contributed by atoms with van der Waals surface area (Å²) < 4.78 is 12.4. The number of hydrogen-bond acceptors (Lipinski definition) is 2. The van der Waals surface area contributed by atoms with Crippen LogP contribution in [0, 0.1) is 0 Å². The highest BCUT2D eigenvalue weighted by Crippen LogP contribution is 2.42. The molecule has 0 amide bonds. The fraction of sp³-hybridized carbons (Fsp3) is 0. The van der Waals surface area contributed by atoms with Gasteiger partial charge in [-0.3, -0.25) is 0 Å². The van der Waals surface area contributed by atoms with Gasteiger partial charge in [0.15, 0.2) is 0 Å². The first-order valence-electron chi connectivity index (χ1n) is 11.5. The number of benzene rings is 6. The van der Waals surface area contributed by atoms with E-state index in [1.807, 2.05) is 24.3 Å². The molecule has 0 fully saturated rings. The van der Waals surface area contributed by atoms with Crippen molar-refractivity contribution >= 4 is 65.4 Å². The van der Waals surface area contributed by atoms with Crippen molar-refractivity contribution in [3.63, 3.8) is 0 Å². The Balaban J connectivity index is 1.55. The number of fused-ring (bicyclic) bond motifs is 9. The van der Waals surface area contributed by atoms with Crippen LogP contribution in [0.1, 0.15) is 0 Å². The SMILES string of the molecule is c1ccc2c(c1)oc1cc3c(cc(-c4cccc5oc6ccccc6c45)c4ccccc43)cc12. The average molecular weight is 434 g/mol. The molecule has 0 bridgehead atoms. The molecule has 0 N–H and O–H groups in total. The second kappa shape index (κ2) is 6.49. The molecule has 34 heavy (non-hydrogen) atoms. The van der Waals surface area contributed by atoms with Crippen LogP contribution in [0.15, 0.2) is 118 Å². The van der Waals surface area contributed by atoms with Crippen LogP contribution in [0.3, 0.4) is 0 Å². The van der Waals surface area contributed by atoms with Gasteiger partial charge in [0.2, 0.25) is 0 Å². The average Bonchev–Trinajstić information content (AvgIpc) is 3.45. The van der Waals surface area contributed by atoms with Crippen molar-refractivity contribution in [2.24, 2.45) is 0 Å². The van der Waals surface area contributed by atoms with Gasteiger partial charge in [0.1, 0.15) is 22.3 Å². The van der Waals surface area contributed by atoms with E-state index in [1.54, 1.807) is 0 Å². The first-order valence-corrected chi connectivity index (χ1v) is 11.5. The highest BCUT2D eigenvalue weighted by molar-refractivity contribution is 6.22. The summed E-state index contributed by atoms with van der Waals surface area (Å²) in [7, 11) is 0. The zero-order chi connectivity index (χ0) is 22.2. The van der Waals surface area contributed by atoms with Gasteiger partial charge in [-0.05, 0) is 69.1 Å². The molecule has 0 spiro atoms. The maximum absolute atomic E-state index is 6.21. The smallest absolute Gasteiger partial charge is 0.136 e. The predicted octanol–water partition coefficient (Wildman–Crippen LogP) is 9.46. The van der Waals surface area contributed by atoms with E-state index >= 15 is 0 Å². The van der Waals surface area contributed by atoms with Crippen LogP contribution in [0.2, 0.25) is 0 Å². The van der Waals surface area contributed by atoms with E-state index in [4.69, 9.17) is 8.83 Å². The predicted molar refractivity (Wildman–Crippen MR) is 141 cm³/mol. The molecular formula is C32H18O2. The summed E-state index contributed by atoms with van der Waals surface area (Å²) >= 11 is 0. The van der Waals surface area contributed by atoms with Crippen LogP contribution in [0.4, 0.5) is 0 Å². The Hall–Kier alpha value is -4.56. The van der Waals surface area contributed by atoms with Gasteiger partial charge in [0, 0.05) is 21.5 Å². The number of para-hydroxylation sites is 2. The van der Waals surface area contributed by atoms with Crippen molar-refractivity contribution in [3.8, 4) is 11.1 Å². The van der Waals surface area contributed by atoms with E-state index in [-0.39, 0.29) is 0 Å². The van der Waals surface area contributed by atoms with Crippen molar-refractivity contribution in [2.75, 3.05) is 0 Å². The van der Waals surface area contributed by atoms with Gasteiger partial charge in [-0.15, -0.1) is 0 Å². The Bertz CT molecular complexity index is 2070. The fourth-order valence-electron chi connectivity index (χ4n) is 5.55. The van der Waals surface area contributed by atoms with Gasteiger partial charge >= 0.3 is 0 Å². The zero-order valence-corrected chi connectivity index (χ0v) is 18.2. The third kappa shape index (κ3) is 2.35. The molecule has 2 aromatic heterocycles. The largest absolute Gasteiger partial charge is 0.456 e. The van der Waals surface area contributed by atoms with Gasteiger partial charge in [0.05, 0.1) is 0 Å². The van der Waals surface area contributed by atoms with Crippen molar-refractivity contribution in [3.05, 3.63) is 109 Å². The van der Waals surface area contributed by atoms with Crippen molar-refractivity contribution < 1.29 is 8.83 Å².